The summed E-state index contributed by atoms with van der Waals surface area (Å²) < 4.78 is 21.2. The number of rotatable bonds is 5. The third kappa shape index (κ3) is 5.54. The van der Waals surface area contributed by atoms with Crippen LogP contribution in [0.25, 0.3) is 32.9 Å². The van der Waals surface area contributed by atoms with E-state index in [0.717, 1.165) is 10.8 Å². The van der Waals surface area contributed by atoms with E-state index in [1.807, 2.05) is 36.2 Å². The first-order valence-electron chi connectivity index (χ1n) is 13.0. The average molecular weight is 548 g/mol. The molecule has 2 aromatic carbocycles. The van der Waals surface area contributed by atoms with Gasteiger partial charge in [-0.05, 0) is 44.4 Å². The topological polar surface area (TPSA) is 81.4 Å². The van der Waals surface area contributed by atoms with Crippen molar-refractivity contribution in [2.75, 3.05) is 58.8 Å². The Morgan fingerprint density at radius 3 is 2.51 bits per heavy atom. The van der Waals surface area contributed by atoms with Gasteiger partial charge in [0.25, 0.3) is 0 Å². The minimum atomic E-state index is -0.561. The lowest BCUT2D eigenvalue weighted by atomic mass is 10.00. The molecule has 6 rings (SSSR count). The van der Waals surface area contributed by atoms with E-state index in [2.05, 4.69) is 33.1 Å². The second kappa shape index (κ2) is 11.6. The Kier molecular flexibility index (Phi) is 7.96. The van der Waals surface area contributed by atoms with E-state index in [4.69, 9.17) is 21.6 Å². The van der Waals surface area contributed by atoms with Gasteiger partial charge in [-0.25, -0.2) is 4.39 Å². The summed E-state index contributed by atoms with van der Waals surface area (Å²) in [4.78, 5) is 19.2. The van der Waals surface area contributed by atoms with Crippen molar-refractivity contribution in [1.29, 1.82) is 5.26 Å². The molecule has 8 nitrogen and oxygen atoms in total. The monoisotopic (exact) mass is 547 g/mol. The number of pyridine rings is 1. The molecular formula is C29H31ClFN7O. The highest BCUT2D eigenvalue weighted by Crippen LogP contribution is 2.37. The molecule has 2 aromatic heterocycles. The highest BCUT2D eigenvalue weighted by molar-refractivity contribution is 6.36. The van der Waals surface area contributed by atoms with Gasteiger partial charge >= 0.3 is 6.01 Å². The molecule has 0 amide bonds. The van der Waals surface area contributed by atoms with Gasteiger partial charge in [0, 0.05) is 54.8 Å². The van der Waals surface area contributed by atoms with Gasteiger partial charge in [0.15, 0.2) is 12.0 Å². The number of methoxy groups -OCH3 is 1. The van der Waals surface area contributed by atoms with E-state index in [1.54, 1.807) is 23.2 Å². The van der Waals surface area contributed by atoms with E-state index in [1.165, 1.54) is 33.0 Å². The maximum atomic E-state index is 15.9. The first kappa shape index (κ1) is 26.9. The van der Waals surface area contributed by atoms with Crippen LogP contribution in [0.15, 0.2) is 42.6 Å². The Labute approximate surface area is 232 Å². The predicted octanol–water partition coefficient (Wildman–Crippen LogP) is 5.21. The van der Waals surface area contributed by atoms with Gasteiger partial charge in [-0.2, -0.15) is 15.2 Å². The molecule has 0 bridgehead atoms. The molecule has 4 heterocycles. The number of nitrogens with zero attached hydrogens (tertiary/aromatic N) is 7. The Bertz CT molecular complexity index is 1520. The van der Waals surface area contributed by atoms with Crippen LogP contribution in [0.1, 0.15) is 12.8 Å². The molecule has 10 heteroatoms. The van der Waals surface area contributed by atoms with Gasteiger partial charge in [-0.3, -0.25) is 4.98 Å². The van der Waals surface area contributed by atoms with E-state index in [9.17, 15) is 0 Å². The number of benzene rings is 2. The number of fused-ring (bicyclic) bond motifs is 2. The molecule has 0 unspecified atom stereocenters. The first-order valence-corrected chi connectivity index (χ1v) is 13.4. The molecule has 4 aromatic rings. The van der Waals surface area contributed by atoms with Crippen LogP contribution in [0.5, 0.6) is 6.01 Å². The van der Waals surface area contributed by atoms with Gasteiger partial charge in [0.1, 0.15) is 17.0 Å². The van der Waals surface area contributed by atoms with Crippen molar-refractivity contribution in [3.8, 4) is 23.5 Å². The lowest BCUT2D eigenvalue weighted by Gasteiger charge is -2.37. The maximum Gasteiger partial charge on any atom is 0.318 e. The van der Waals surface area contributed by atoms with Crippen LogP contribution >= 0.6 is 11.6 Å². The number of hydrogen-bond acceptors (Lipinski definition) is 8. The van der Waals surface area contributed by atoms with Gasteiger partial charge < -0.3 is 19.4 Å². The number of aromatic nitrogens is 3. The van der Waals surface area contributed by atoms with Gasteiger partial charge in [0.05, 0.1) is 12.5 Å². The SMILES string of the molecule is CN1CCCC1.COc1nc(N(C)CC2CN(C#N)C2)c2cnc(-c3cccc4cccc(Cl)c34)c(F)c2n1. The van der Waals surface area contributed by atoms with Crippen LogP contribution in [0, 0.1) is 23.2 Å². The molecule has 0 atom stereocenters. The molecular weight excluding hydrogens is 517 g/mol. The average Bonchev–Trinajstić information content (AvgIpc) is 3.41. The second-order valence-electron chi connectivity index (χ2n) is 10.1. The summed E-state index contributed by atoms with van der Waals surface area (Å²) >= 11 is 6.46. The van der Waals surface area contributed by atoms with Crippen molar-refractivity contribution in [2.24, 2.45) is 5.92 Å². The Morgan fingerprint density at radius 1 is 1.15 bits per heavy atom. The molecule has 2 aliphatic heterocycles. The van der Waals surface area contributed by atoms with Gasteiger partial charge in [-0.1, -0.05) is 41.9 Å². The molecule has 0 N–H and O–H groups in total. The number of nitriles is 1. The van der Waals surface area contributed by atoms with Crippen LogP contribution in [0.4, 0.5) is 10.2 Å². The number of anilines is 1. The zero-order valence-electron chi connectivity index (χ0n) is 22.4. The minimum absolute atomic E-state index is 0.0728. The van der Waals surface area contributed by atoms with E-state index < -0.39 is 5.82 Å². The highest BCUT2D eigenvalue weighted by atomic mass is 35.5. The summed E-state index contributed by atoms with van der Waals surface area (Å²) in [5, 5.41) is 11.6. The van der Waals surface area contributed by atoms with Crippen LogP contribution in [0.2, 0.25) is 5.02 Å². The highest BCUT2D eigenvalue weighted by Gasteiger charge is 2.28. The summed E-state index contributed by atoms with van der Waals surface area (Å²) in [7, 11) is 5.51. The molecule has 2 saturated heterocycles. The van der Waals surface area contributed by atoms with Crippen molar-refractivity contribution in [2.45, 2.75) is 12.8 Å². The molecule has 0 saturated carbocycles. The summed E-state index contributed by atoms with van der Waals surface area (Å²) in [5.74, 6) is 0.288. The number of halogens is 2. The van der Waals surface area contributed by atoms with E-state index >= 15 is 4.39 Å². The van der Waals surface area contributed by atoms with Crippen LogP contribution < -0.4 is 9.64 Å². The summed E-state index contributed by atoms with van der Waals surface area (Å²) in [5.41, 5.74) is 0.889. The van der Waals surface area contributed by atoms with E-state index in [0.29, 0.717) is 47.3 Å². The van der Waals surface area contributed by atoms with Crippen LogP contribution in [0.3, 0.4) is 0 Å². The Balaban J connectivity index is 0.000000455. The van der Waals surface area contributed by atoms with Gasteiger partial charge in [-0.15, -0.1) is 0 Å². The molecule has 2 fully saturated rings. The maximum absolute atomic E-state index is 15.9. The van der Waals surface area contributed by atoms with Crippen molar-refractivity contribution in [3.63, 3.8) is 0 Å². The molecule has 0 spiro atoms. The Morgan fingerprint density at radius 2 is 1.87 bits per heavy atom. The fourth-order valence-corrected chi connectivity index (χ4v) is 5.48. The van der Waals surface area contributed by atoms with Crippen molar-refractivity contribution in [1.82, 2.24) is 24.8 Å². The molecule has 39 heavy (non-hydrogen) atoms. The second-order valence-corrected chi connectivity index (χ2v) is 10.5. The largest absolute Gasteiger partial charge is 0.467 e. The summed E-state index contributed by atoms with van der Waals surface area (Å²) in [6, 6.07) is 11.2. The smallest absolute Gasteiger partial charge is 0.318 e. The van der Waals surface area contributed by atoms with E-state index in [-0.39, 0.29) is 17.2 Å². The van der Waals surface area contributed by atoms with Crippen molar-refractivity contribution < 1.29 is 9.13 Å². The van der Waals surface area contributed by atoms with Crippen molar-refractivity contribution >= 4 is 39.1 Å². The molecule has 0 radical (unpaired) electrons. The number of hydrogen-bond donors (Lipinski definition) is 0. The number of likely N-dealkylation sites (tertiary alicyclic amines) is 2. The Hall–Kier alpha value is -3.74. The summed E-state index contributed by atoms with van der Waals surface area (Å²) in [6.45, 7) is 4.69. The fourth-order valence-electron chi connectivity index (χ4n) is 5.20. The van der Waals surface area contributed by atoms with Gasteiger partial charge in [0.2, 0.25) is 0 Å². The minimum Gasteiger partial charge on any atom is -0.467 e. The summed E-state index contributed by atoms with van der Waals surface area (Å²) in [6.07, 6.45) is 6.56. The van der Waals surface area contributed by atoms with Crippen LogP contribution in [-0.2, 0) is 0 Å². The fraction of sp³-hybridized carbons (Fsp3) is 0.379. The quantitative estimate of drug-likeness (QED) is 0.315. The first-order chi connectivity index (χ1) is 18.9. The molecule has 202 valence electrons. The predicted molar refractivity (Wildman–Crippen MR) is 152 cm³/mol. The zero-order chi connectivity index (χ0) is 27.5. The van der Waals surface area contributed by atoms with Crippen molar-refractivity contribution in [3.05, 3.63) is 53.4 Å². The third-order valence-corrected chi connectivity index (χ3v) is 7.57. The number of ether oxygens (including phenoxy) is 1. The lowest BCUT2D eigenvalue weighted by molar-refractivity contribution is 0.176. The zero-order valence-corrected chi connectivity index (χ0v) is 23.1. The molecule has 2 aliphatic rings. The third-order valence-electron chi connectivity index (χ3n) is 7.26. The standard InChI is InChI=1S/C24H20ClFN6O.C5H11N/c1-31(10-14-11-32(12-14)13-27)23-17-9-28-21(20(26)22(17)29-24(30-23)33-2)16-7-3-5-15-6-4-8-18(25)19(15)16;1-6-4-2-3-5-6/h3-9,14H,10-12H2,1-2H3;2-5H2,1H3. The lowest BCUT2D eigenvalue weighted by Crippen LogP contribution is -2.48. The van der Waals surface area contributed by atoms with Crippen LogP contribution in [-0.4, -0.2) is 78.7 Å². The molecule has 0 aliphatic carbocycles. The normalized spacial score (nSPS) is 15.5.